The zero-order valence-electron chi connectivity index (χ0n) is 30.0. The van der Waals surface area contributed by atoms with Gasteiger partial charge < -0.3 is 20.9 Å². The number of carboxylic acids is 1. The van der Waals surface area contributed by atoms with Gasteiger partial charge >= 0.3 is 11.9 Å². The van der Waals surface area contributed by atoms with E-state index in [0.29, 0.717) is 38.6 Å². The van der Waals surface area contributed by atoms with E-state index < -0.39 is 18.1 Å². The average molecular weight is 667 g/mol. The number of allylic oxidation sites excluding steroid dienone is 12. The molecule has 0 radical (unpaired) electrons. The van der Waals surface area contributed by atoms with E-state index in [-0.39, 0.29) is 11.9 Å². The Morgan fingerprint density at radius 2 is 1.12 bits per heavy atom. The monoisotopic (exact) mass is 666 g/mol. The number of carbonyl (C=O) groups is 3. The summed E-state index contributed by atoms with van der Waals surface area (Å²) < 4.78 is 5.76. The Morgan fingerprint density at radius 1 is 0.625 bits per heavy atom. The van der Waals surface area contributed by atoms with E-state index in [1.165, 1.54) is 0 Å². The summed E-state index contributed by atoms with van der Waals surface area (Å²) in [7, 11) is 0. The lowest BCUT2D eigenvalue weighted by atomic mass is 10.1. The zero-order chi connectivity index (χ0) is 35.3. The van der Waals surface area contributed by atoms with Gasteiger partial charge in [0.15, 0.2) is 0 Å². The number of ether oxygens (including phenoxy) is 1. The van der Waals surface area contributed by atoms with E-state index in [9.17, 15) is 19.5 Å². The normalized spacial score (nSPS) is 13.7. The first-order valence-electron chi connectivity index (χ1n) is 18.4. The minimum Gasteiger partial charge on any atom is -0.480 e. The first-order chi connectivity index (χ1) is 23.4. The van der Waals surface area contributed by atoms with Gasteiger partial charge in [-0.2, -0.15) is 0 Å². The number of nitrogens with two attached hydrogens (primary N) is 1. The van der Waals surface area contributed by atoms with Crippen molar-refractivity contribution < 1.29 is 24.2 Å². The average Bonchev–Trinajstić information content (AvgIpc) is 3.07. The Labute approximate surface area is 292 Å². The Kier molecular flexibility index (Phi) is 32.4. The van der Waals surface area contributed by atoms with Crippen LogP contribution in [0.3, 0.4) is 0 Å². The molecule has 2 atom stereocenters. The Balaban J connectivity index is 4.30. The summed E-state index contributed by atoms with van der Waals surface area (Å²) in [5.74, 6) is -1.44. The molecule has 0 aliphatic carbocycles. The molecule has 0 heterocycles. The second-order valence-corrected chi connectivity index (χ2v) is 11.9. The van der Waals surface area contributed by atoms with E-state index in [4.69, 9.17) is 10.5 Å². The van der Waals surface area contributed by atoms with Gasteiger partial charge in [0, 0.05) is 12.8 Å². The fraction of sp³-hybridized carbons (Fsp3) is 0.585. The number of aliphatic carboxylic acids is 1. The van der Waals surface area contributed by atoms with Crippen molar-refractivity contribution in [3.05, 3.63) is 85.1 Å². The lowest BCUT2D eigenvalue weighted by Crippen LogP contribution is -2.40. The molecule has 7 heteroatoms. The second-order valence-electron chi connectivity index (χ2n) is 11.9. The summed E-state index contributed by atoms with van der Waals surface area (Å²) >= 11 is 0. The van der Waals surface area contributed by atoms with Gasteiger partial charge in [-0.05, 0) is 109 Å². The second kappa shape index (κ2) is 34.9. The Bertz CT molecular complexity index is 1020. The molecule has 0 aromatic heterocycles. The van der Waals surface area contributed by atoms with Gasteiger partial charge in [-0.15, -0.1) is 0 Å². The van der Waals surface area contributed by atoms with Gasteiger partial charge in [-0.1, -0.05) is 106 Å². The highest BCUT2D eigenvalue weighted by Crippen LogP contribution is 2.11. The predicted octanol–water partition coefficient (Wildman–Crippen LogP) is 9.77. The maximum Gasteiger partial charge on any atom is 0.326 e. The number of esters is 1. The van der Waals surface area contributed by atoms with Crippen LogP contribution in [0.2, 0.25) is 0 Å². The quantitative estimate of drug-likeness (QED) is 0.0385. The van der Waals surface area contributed by atoms with Crippen LogP contribution < -0.4 is 11.1 Å². The van der Waals surface area contributed by atoms with Gasteiger partial charge in [-0.25, -0.2) is 4.79 Å². The highest BCUT2D eigenvalue weighted by atomic mass is 16.5. The van der Waals surface area contributed by atoms with Gasteiger partial charge in [0.25, 0.3) is 0 Å². The minimum absolute atomic E-state index is 0.172. The van der Waals surface area contributed by atoms with Crippen LogP contribution in [0.15, 0.2) is 85.1 Å². The smallest absolute Gasteiger partial charge is 0.326 e. The Morgan fingerprint density at radius 3 is 1.73 bits per heavy atom. The molecule has 270 valence electrons. The number of rotatable bonds is 31. The third-order valence-corrected chi connectivity index (χ3v) is 7.42. The van der Waals surface area contributed by atoms with Crippen molar-refractivity contribution in [3.63, 3.8) is 0 Å². The third kappa shape index (κ3) is 31.2. The highest BCUT2D eigenvalue weighted by molar-refractivity contribution is 5.83. The summed E-state index contributed by atoms with van der Waals surface area (Å²) in [5.41, 5.74) is 5.45. The first-order valence-corrected chi connectivity index (χ1v) is 18.4. The van der Waals surface area contributed by atoms with Gasteiger partial charge in [0.05, 0.1) is 0 Å². The van der Waals surface area contributed by atoms with Crippen LogP contribution in [0.25, 0.3) is 0 Å². The molecule has 0 saturated heterocycles. The maximum atomic E-state index is 12.6. The summed E-state index contributed by atoms with van der Waals surface area (Å²) in [6.45, 7) is 4.64. The van der Waals surface area contributed by atoms with E-state index in [2.05, 4.69) is 79.9 Å². The van der Waals surface area contributed by atoms with Crippen LogP contribution in [0.4, 0.5) is 0 Å². The molecule has 48 heavy (non-hydrogen) atoms. The molecule has 0 aromatic carbocycles. The van der Waals surface area contributed by atoms with E-state index >= 15 is 0 Å². The number of nitrogens with one attached hydrogen (secondary N) is 1. The molecule has 0 spiro atoms. The summed E-state index contributed by atoms with van der Waals surface area (Å²) in [6, 6.07) is -0.879. The molecule has 0 aliphatic rings. The molecule has 7 nitrogen and oxygen atoms in total. The number of amides is 1. The number of hydrogen-bond donors (Lipinski definition) is 3. The number of carbonyl (C=O) groups excluding carboxylic acids is 2. The van der Waals surface area contributed by atoms with E-state index in [1.807, 2.05) is 24.3 Å². The van der Waals surface area contributed by atoms with Gasteiger partial charge in [0.2, 0.25) is 5.91 Å². The molecule has 0 fully saturated rings. The van der Waals surface area contributed by atoms with Crippen LogP contribution in [-0.2, 0) is 19.1 Å². The van der Waals surface area contributed by atoms with Crippen molar-refractivity contribution in [1.29, 1.82) is 0 Å². The van der Waals surface area contributed by atoms with Crippen LogP contribution in [0.1, 0.15) is 136 Å². The van der Waals surface area contributed by atoms with Crippen molar-refractivity contribution in [2.75, 3.05) is 6.54 Å². The molecule has 0 bridgehead atoms. The fourth-order valence-electron chi connectivity index (χ4n) is 4.69. The lowest BCUT2D eigenvalue weighted by molar-refractivity contribution is -0.145. The summed E-state index contributed by atoms with van der Waals surface area (Å²) in [4.78, 5) is 36.0. The third-order valence-electron chi connectivity index (χ3n) is 7.42. The molecular formula is C41H66N2O5. The molecule has 0 saturated carbocycles. The molecule has 2 unspecified atom stereocenters. The summed E-state index contributed by atoms with van der Waals surface area (Å²) in [5, 5.41) is 11.8. The molecule has 0 aliphatic heterocycles. The zero-order valence-corrected chi connectivity index (χ0v) is 30.0. The van der Waals surface area contributed by atoms with Crippen molar-refractivity contribution in [1.82, 2.24) is 5.32 Å². The molecule has 0 rings (SSSR count). The van der Waals surface area contributed by atoms with Crippen molar-refractivity contribution in [2.24, 2.45) is 5.73 Å². The largest absolute Gasteiger partial charge is 0.480 e. The predicted molar refractivity (Wildman–Crippen MR) is 202 cm³/mol. The first kappa shape index (κ1) is 44.5. The number of hydrogen-bond acceptors (Lipinski definition) is 5. The number of carboxylic acid groups (broad SMARTS) is 1. The van der Waals surface area contributed by atoms with Crippen molar-refractivity contribution in [3.8, 4) is 0 Å². The number of unbranched alkanes of at least 4 members (excludes halogenated alkanes) is 7. The van der Waals surface area contributed by atoms with Crippen LogP contribution in [0.5, 0.6) is 0 Å². The minimum atomic E-state index is -1.03. The van der Waals surface area contributed by atoms with Crippen LogP contribution in [-0.4, -0.2) is 41.6 Å². The van der Waals surface area contributed by atoms with E-state index in [0.717, 1.165) is 89.9 Å². The maximum absolute atomic E-state index is 12.6. The standard InChI is InChI=1S/C41H66N2O5/c1-3-5-7-9-10-11-12-13-14-15-16-17-18-19-20-25-29-35-40(45)48-37(31-26-22-8-6-4-2)32-27-23-21-24-28-34-39(44)43-38(41(46)47)33-30-36-42/h5-8,10-11,13-14,16-17,26-27,31-32,37-38H,3-4,9,12,15,18-25,28-30,33-36,42H2,1-2H3,(H,43,44)(H,46,47)/b7-5-,8-6-,11-10-,14-13-,17-16-,31-26-,32-27-. The summed E-state index contributed by atoms with van der Waals surface area (Å²) in [6.07, 6.45) is 45.3. The van der Waals surface area contributed by atoms with Gasteiger partial charge in [0.1, 0.15) is 12.1 Å². The van der Waals surface area contributed by atoms with E-state index in [1.54, 1.807) is 0 Å². The molecule has 1 amide bonds. The van der Waals surface area contributed by atoms with Crippen LogP contribution >= 0.6 is 0 Å². The lowest BCUT2D eigenvalue weighted by Gasteiger charge is -2.13. The van der Waals surface area contributed by atoms with Gasteiger partial charge in [-0.3, -0.25) is 9.59 Å². The topological polar surface area (TPSA) is 119 Å². The van der Waals surface area contributed by atoms with Crippen molar-refractivity contribution in [2.45, 2.75) is 148 Å². The molecular weight excluding hydrogens is 600 g/mol. The molecule has 0 aromatic rings. The van der Waals surface area contributed by atoms with Crippen molar-refractivity contribution >= 4 is 17.8 Å². The SMILES string of the molecule is CC/C=C\C/C=C\C/C=C\C/C=C\CCCCCCC(=O)OC(/C=C\C/C=C\CC)/C=C\CCCCCC(=O)NC(CCCN)C(=O)O. The highest BCUT2D eigenvalue weighted by Gasteiger charge is 2.18. The fourth-order valence-corrected chi connectivity index (χ4v) is 4.69. The van der Waals surface area contributed by atoms with Crippen LogP contribution in [0, 0.1) is 0 Å². The Hall–Kier alpha value is -3.45. The molecule has 4 N–H and O–H groups in total.